The Morgan fingerprint density at radius 3 is 2.67 bits per heavy atom. The van der Waals surface area contributed by atoms with E-state index in [1.165, 1.54) is 0 Å². The third-order valence-electron chi connectivity index (χ3n) is 4.32. The summed E-state index contributed by atoms with van der Waals surface area (Å²) >= 11 is 5.13. The third-order valence-corrected chi connectivity index (χ3v) is 4.71. The minimum atomic E-state index is -0.590. The molecule has 0 radical (unpaired) electrons. The van der Waals surface area contributed by atoms with Crippen molar-refractivity contribution in [3.63, 3.8) is 0 Å². The van der Waals surface area contributed by atoms with E-state index >= 15 is 0 Å². The van der Waals surface area contributed by atoms with Crippen LogP contribution in [0.2, 0.25) is 0 Å². The highest BCUT2D eigenvalue weighted by Gasteiger charge is 2.44. The van der Waals surface area contributed by atoms with Gasteiger partial charge >= 0.3 is 0 Å². The lowest BCUT2D eigenvalue weighted by Crippen LogP contribution is -2.53. The highest BCUT2D eigenvalue weighted by atomic mass is 32.1. The number of hydrogen-bond donors (Lipinski definition) is 2. The van der Waals surface area contributed by atoms with E-state index in [0.717, 1.165) is 38.7 Å². The van der Waals surface area contributed by atoms with Gasteiger partial charge in [-0.3, -0.25) is 4.79 Å². The molecule has 1 aliphatic carbocycles. The number of hydrogen-bond acceptors (Lipinski definition) is 3. The van der Waals surface area contributed by atoms with Crippen molar-refractivity contribution < 1.29 is 9.53 Å². The predicted octanol–water partition coefficient (Wildman–Crippen LogP) is 1.37. The zero-order valence-corrected chi connectivity index (χ0v) is 11.7. The molecule has 2 atom stereocenters. The Kier molecular flexibility index (Phi) is 4.22. The highest BCUT2D eigenvalue weighted by molar-refractivity contribution is 7.80. The molecule has 0 aromatic rings. The van der Waals surface area contributed by atoms with Gasteiger partial charge in [-0.25, -0.2) is 0 Å². The molecule has 1 amide bonds. The molecule has 0 aromatic carbocycles. The molecular formula is C13H22N2O2S. The van der Waals surface area contributed by atoms with Gasteiger partial charge in [-0.05, 0) is 25.2 Å². The summed E-state index contributed by atoms with van der Waals surface area (Å²) in [5.74, 6) is 0.388. The molecule has 1 heterocycles. The molecule has 1 aliphatic heterocycles. The molecule has 0 aromatic heterocycles. The van der Waals surface area contributed by atoms with Gasteiger partial charge in [-0.15, -0.1) is 0 Å². The number of nitrogens with two attached hydrogens (primary N) is 1. The van der Waals surface area contributed by atoms with Crippen molar-refractivity contribution in [1.29, 1.82) is 0 Å². The lowest BCUT2D eigenvalue weighted by Gasteiger charge is -2.34. The molecule has 0 spiro atoms. The van der Waals surface area contributed by atoms with Gasteiger partial charge in [0.2, 0.25) is 5.91 Å². The van der Waals surface area contributed by atoms with E-state index in [0.29, 0.717) is 17.5 Å². The quantitative estimate of drug-likeness (QED) is 0.760. The monoisotopic (exact) mass is 270 g/mol. The fraction of sp³-hybridized carbons (Fsp3) is 0.846. The molecular weight excluding hydrogens is 248 g/mol. The van der Waals surface area contributed by atoms with E-state index in [-0.39, 0.29) is 11.9 Å². The molecule has 18 heavy (non-hydrogen) atoms. The largest absolute Gasteiger partial charge is 0.392 e. The van der Waals surface area contributed by atoms with Crippen LogP contribution in [-0.4, -0.2) is 30.2 Å². The number of nitrogens with one attached hydrogen (secondary N) is 1. The minimum absolute atomic E-state index is 0.0336. The Morgan fingerprint density at radius 1 is 1.44 bits per heavy atom. The number of amides is 1. The summed E-state index contributed by atoms with van der Waals surface area (Å²) < 4.78 is 5.39. The van der Waals surface area contributed by atoms with Gasteiger partial charge in [0.25, 0.3) is 0 Å². The molecule has 0 bridgehead atoms. The molecule has 1 saturated carbocycles. The van der Waals surface area contributed by atoms with Gasteiger partial charge < -0.3 is 15.8 Å². The molecule has 102 valence electrons. The van der Waals surface area contributed by atoms with Crippen molar-refractivity contribution in [3.8, 4) is 0 Å². The Bertz CT molecular complexity index is 340. The first-order chi connectivity index (χ1) is 8.56. The van der Waals surface area contributed by atoms with Crippen LogP contribution in [0.3, 0.4) is 0 Å². The van der Waals surface area contributed by atoms with E-state index in [2.05, 4.69) is 12.2 Å². The van der Waals surface area contributed by atoms with Crippen molar-refractivity contribution >= 4 is 23.1 Å². The summed E-state index contributed by atoms with van der Waals surface area (Å²) in [5.41, 5.74) is 5.23. The lowest BCUT2D eigenvalue weighted by molar-refractivity contribution is -0.129. The van der Waals surface area contributed by atoms with Crippen LogP contribution in [0.5, 0.6) is 0 Å². The van der Waals surface area contributed by atoms with Gasteiger partial charge in [0.1, 0.15) is 0 Å². The lowest BCUT2D eigenvalue weighted by atomic mass is 9.84. The second-order valence-electron chi connectivity index (χ2n) is 5.57. The highest BCUT2D eigenvalue weighted by Crippen LogP contribution is 2.39. The average Bonchev–Trinajstić information content (AvgIpc) is 2.82. The van der Waals surface area contributed by atoms with Crippen molar-refractivity contribution in [1.82, 2.24) is 5.32 Å². The predicted molar refractivity (Wildman–Crippen MR) is 74.2 cm³/mol. The maximum absolute atomic E-state index is 12.5. The van der Waals surface area contributed by atoms with Gasteiger partial charge in [0.15, 0.2) is 0 Å². The van der Waals surface area contributed by atoms with Crippen LogP contribution in [-0.2, 0) is 9.53 Å². The second-order valence-corrected chi connectivity index (χ2v) is 6.01. The normalized spacial score (nSPS) is 30.9. The van der Waals surface area contributed by atoms with E-state index in [1.807, 2.05) is 0 Å². The molecule has 1 saturated heterocycles. The molecule has 2 unspecified atom stereocenters. The topological polar surface area (TPSA) is 64.3 Å². The summed E-state index contributed by atoms with van der Waals surface area (Å²) in [4.78, 5) is 12.9. The van der Waals surface area contributed by atoms with Gasteiger partial charge in [-0.1, -0.05) is 32.0 Å². The first kappa shape index (κ1) is 13.7. The fourth-order valence-electron chi connectivity index (χ4n) is 2.97. The van der Waals surface area contributed by atoms with Crippen LogP contribution in [0, 0.1) is 11.3 Å². The van der Waals surface area contributed by atoms with E-state index in [1.54, 1.807) is 0 Å². The van der Waals surface area contributed by atoms with Crippen LogP contribution in [0.4, 0.5) is 0 Å². The summed E-state index contributed by atoms with van der Waals surface area (Å²) in [6, 6.07) is 0.193. The van der Waals surface area contributed by atoms with Crippen LogP contribution in [0.15, 0.2) is 0 Å². The summed E-state index contributed by atoms with van der Waals surface area (Å²) in [7, 11) is 0. The molecule has 2 fully saturated rings. The van der Waals surface area contributed by atoms with Gasteiger partial charge in [0.05, 0.1) is 17.0 Å². The maximum Gasteiger partial charge on any atom is 0.233 e. The van der Waals surface area contributed by atoms with E-state index in [9.17, 15) is 4.79 Å². The van der Waals surface area contributed by atoms with Gasteiger partial charge in [0, 0.05) is 12.6 Å². The number of thiocarbonyl (C=S) groups is 1. The summed E-state index contributed by atoms with van der Waals surface area (Å²) in [5, 5.41) is 3.15. The number of carbonyl (C=O) groups excluding carboxylic acids is 1. The Hall–Kier alpha value is -0.680. The molecule has 2 aliphatic rings. The fourth-order valence-corrected chi connectivity index (χ4v) is 3.26. The third kappa shape index (κ3) is 2.52. The van der Waals surface area contributed by atoms with Crippen LogP contribution >= 0.6 is 12.2 Å². The van der Waals surface area contributed by atoms with Crippen molar-refractivity contribution in [2.75, 3.05) is 13.2 Å². The van der Waals surface area contributed by atoms with Crippen molar-refractivity contribution in [2.24, 2.45) is 17.1 Å². The maximum atomic E-state index is 12.5. The van der Waals surface area contributed by atoms with Crippen LogP contribution in [0.1, 0.15) is 39.0 Å². The Morgan fingerprint density at radius 2 is 2.11 bits per heavy atom. The second kappa shape index (κ2) is 5.53. The summed E-state index contributed by atoms with van der Waals surface area (Å²) in [6.07, 6.45) is 4.54. The zero-order chi connectivity index (χ0) is 13.2. The smallest absolute Gasteiger partial charge is 0.233 e. The van der Waals surface area contributed by atoms with E-state index < -0.39 is 5.41 Å². The molecule has 5 heteroatoms. The standard InChI is InChI=1S/C13H22N2O2S/c1-9-8-17-7-4-10(9)15-12(16)13(11(14)18)5-2-3-6-13/h9-10H,2-8H2,1H3,(H2,14,18)(H,15,16). The summed E-state index contributed by atoms with van der Waals surface area (Å²) in [6.45, 7) is 3.53. The van der Waals surface area contributed by atoms with Crippen LogP contribution < -0.4 is 11.1 Å². The first-order valence-electron chi connectivity index (χ1n) is 6.75. The number of rotatable bonds is 3. The van der Waals surface area contributed by atoms with E-state index in [4.69, 9.17) is 22.7 Å². The molecule has 2 rings (SSSR count). The number of ether oxygens (including phenoxy) is 1. The average molecular weight is 270 g/mol. The SMILES string of the molecule is CC1COCCC1NC(=O)C1(C(N)=S)CCCC1. The van der Waals surface area contributed by atoms with Crippen molar-refractivity contribution in [2.45, 2.75) is 45.1 Å². The van der Waals surface area contributed by atoms with Gasteiger partial charge in [-0.2, -0.15) is 0 Å². The van der Waals surface area contributed by atoms with Crippen molar-refractivity contribution in [3.05, 3.63) is 0 Å². The Labute approximate surface area is 114 Å². The van der Waals surface area contributed by atoms with Crippen LogP contribution in [0.25, 0.3) is 0 Å². The number of carbonyl (C=O) groups is 1. The molecule has 3 N–H and O–H groups in total. The first-order valence-corrected chi connectivity index (χ1v) is 7.16. The zero-order valence-electron chi connectivity index (χ0n) is 10.9. The Balaban J connectivity index is 2.03. The minimum Gasteiger partial charge on any atom is -0.392 e. The molecule has 4 nitrogen and oxygen atoms in total.